The number of benzene rings is 2. The lowest BCUT2D eigenvalue weighted by atomic mass is 10.1. The topological polar surface area (TPSA) is 70.4 Å². The standard InChI is InChI=1S/C20H12Cl2F3N3O2/c1-9-18(10-2-5-13(21)14(22)6-10)19-26-17(30)8-15(28(19)27-9)12-4-3-11(7-16(12)29)20(23,24)25/h2-8,29H,1H3,(H,26,30). The zero-order valence-corrected chi connectivity index (χ0v) is 16.7. The molecule has 0 fully saturated rings. The first kappa shape index (κ1) is 20.3. The van der Waals surface area contributed by atoms with Gasteiger partial charge in [0.05, 0.1) is 27.0 Å². The number of aromatic hydroxyl groups is 1. The first-order chi connectivity index (χ1) is 14.1. The summed E-state index contributed by atoms with van der Waals surface area (Å²) in [6.45, 7) is 1.71. The lowest BCUT2D eigenvalue weighted by Gasteiger charge is -2.11. The Morgan fingerprint density at radius 3 is 2.43 bits per heavy atom. The summed E-state index contributed by atoms with van der Waals surface area (Å²) in [7, 11) is 0. The van der Waals surface area contributed by atoms with Crippen LogP contribution < -0.4 is 5.56 Å². The summed E-state index contributed by atoms with van der Waals surface area (Å²) >= 11 is 12.1. The smallest absolute Gasteiger partial charge is 0.416 e. The molecule has 0 saturated heterocycles. The summed E-state index contributed by atoms with van der Waals surface area (Å²) in [5.41, 5.74) is 0.684. The van der Waals surface area contributed by atoms with E-state index in [4.69, 9.17) is 23.2 Å². The van der Waals surface area contributed by atoms with Crippen LogP contribution in [0.2, 0.25) is 10.0 Å². The number of fused-ring (bicyclic) bond motifs is 1. The minimum atomic E-state index is -4.61. The Bertz CT molecular complexity index is 1360. The van der Waals surface area contributed by atoms with Crippen molar-refractivity contribution in [2.24, 2.45) is 0 Å². The van der Waals surface area contributed by atoms with Crippen molar-refractivity contribution in [2.75, 3.05) is 0 Å². The Morgan fingerprint density at radius 2 is 1.80 bits per heavy atom. The van der Waals surface area contributed by atoms with Crippen LogP contribution in [0.15, 0.2) is 47.3 Å². The second-order valence-corrected chi connectivity index (χ2v) is 7.41. The van der Waals surface area contributed by atoms with Crippen molar-refractivity contribution in [2.45, 2.75) is 13.1 Å². The predicted octanol–water partition coefficient (Wildman–Crippen LogP) is 5.70. The highest BCUT2D eigenvalue weighted by atomic mass is 35.5. The Labute approximate surface area is 177 Å². The van der Waals surface area contributed by atoms with Gasteiger partial charge in [-0.15, -0.1) is 0 Å². The van der Waals surface area contributed by atoms with Crippen molar-refractivity contribution in [3.05, 3.63) is 74.1 Å². The molecule has 5 nitrogen and oxygen atoms in total. The maximum atomic E-state index is 12.9. The van der Waals surface area contributed by atoms with E-state index in [0.717, 1.165) is 18.2 Å². The normalized spacial score (nSPS) is 11.9. The first-order valence-corrected chi connectivity index (χ1v) is 9.30. The highest BCUT2D eigenvalue weighted by molar-refractivity contribution is 6.42. The number of H-pyrrole nitrogens is 1. The number of aromatic nitrogens is 3. The van der Waals surface area contributed by atoms with Gasteiger partial charge in [0.2, 0.25) is 0 Å². The van der Waals surface area contributed by atoms with Gasteiger partial charge in [-0.3, -0.25) is 4.79 Å². The summed E-state index contributed by atoms with van der Waals surface area (Å²) in [5.74, 6) is -0.624. The number of phenols is 1. The van der Waals surface area contributed by atoms with Crippen molar-refractivity contribution in [3.8, 4) is 28.1 Å². The van der Waals surface area contributed by atoms with Crippen molar-refractivity contribution >= 4 is 28.8 Å². The van der Waals surface area contributed by atoms with Gasteiger partial charge in [-0.25, -0.2) is 4.52 Å². The van der Waals surface area contributed by atoms with Crippen LogP contribution in [0.1, 0.15) is 11.3 Å². The minimum absolute atomic E-state index is 0.0299. The highest BCUT2D eigenvalue weighted by Gasteiger charge is 2.31. The van der Waals surface area contributed by atoms with Crippen LogP contribution in [0.4, 0.5) is 13.2 Å². The summed E-state index contributed by atoms with van der Waals surface area (Å²) in [6.07, 6.45) is -4.61. The number of aromatic amines is 1. The molecule has 0 unspecified atom stereocenters. The fourth-order valence-electron chi connectivity index (χ4n) is 3.27. The third kappa shape index (κ3) is 3.42. The second kappa shape index (κ2) is 7.07. The van der Waals surface area contributed by atoms with Crippen molar-refractivity contribution < 1.29 is 18.3 Å². The van der Waals surface area contributed by atoms with E-state index in [0.29, 0.717) is 38.6 Å². The molecule has 0 saturated carbocycles. The Morgan fingerprint density at radius 1 is 1.07 bits per heavy atom. The number of aryl methyl sites for hydroxylation is 1. The van der Waals surface area contributed by atoms with E-state index in [-0.39, 0.29) is 11.3 Å². The minimum Gasteiger partial charge on any atom is -0.507 e. The van der Waals surface area contributed by atoms with E-state index in [2.05, 4.69) is 10.1 Å². The monoisotopic (exact) mass is 453 g/mol. The molecule has 2 N–H and O–H groups in total. The summed E-state index contributed by atoms with van der Waals surface area (Å²) in [4.78, 5) is 15.0. The molecule has 4 aromatic rings. The van der Waals surface area contributed by atoms with Gasteiger partial charge in [0.1, 0.15) is 11.4 Å². The molecule has 2 heterocycles. The summed E-state index contributed by atoms with van der Waals surface area (Å²) in [5, 5.41) is 15.3. The molecule has 0 bridgehead atoms. The van der Waals surface area contributed by atoms with Crippen LogP contribution in [0, 0.1) is 6.92 Å². The Balaban J connectivity index is 1.98. The quantitative estimate of drug-likeness (QED) is 0.409. The zero-order chi connectivity index (χ0) is 21.8. The highest BCUT2D eigenvalue weighted by Crippen LogP contribution is 2.38. The molecule has 10 heteroatoms. The van der Waals surface area contributed by atoms with Crippen molar-refractivity contribution in [3.63, 3.8) is 0 Å². The van der Waals surface area contributed by atoms with E-state index < -0.39 is 23.0 Å². The molecule has 30 heavy (non-hydrogen) atoms. The molecule has 2 aromatic carbocycles. The molecule has 0 radical (unpaired) electrons. The van der Waals surface area contributed by atoms with Crippen LogP contribution >= 0.6 is 23.2 Å². The third-order valence-electron chi connectivity index (χ3n) is 4.61. The Hall–Kier alpha value is -2.97. The summed E-state index contributed by atoms with van der Waals surface area (Å²) in [6, 6.07) is 8.62. The third-order valence-corrected chi connectivity index (χ3v) is 5.35. The molecule has 2 aromatic heterocycles. The predicted molar refractivity (Wildman–Crippen MR) is 108 cm³/mol. The van der Waals surface area contributed by atoms with Crippen LogP contribution in [0.5, 0.6) is 5.75 Å². The maximum Gasteiger partial charge on any atom is 0.416 e. The van der Waals surface area contributed by atoms with E-state index in [9.17, 15) is 23.1 Å². The van der Waals surface area contributed by atoms with Crippen LogP contribution in [0.3, 0.4) is 0 Å². The molecule has 0 aliphatic heterocycles. The molecule has 4 rings (SSSR count). The van der Waals surface area contributed by atoms with Gasteiger partial charge in [-0.05, 0) is 42.8 Å². The van der Waals surface area contributed by atoms with E-state index in [1.165, 1.54) is 4.52 Å². The van der Waals surface area contributed by atoms with Crippen LogP contribution in [-0.4, -0.2) is 19.7 Å². The number of rotatable bonds is 2. The molecule has 154 valence electrons. The number of hydrogen-bond donors (Lipinski definition) is 2. The molecular formula is C20H12Cl2F3N3O2. The number of halogens is 5. The number of phenolic OH excluding ortho intramolecular Hbond substituents is 1. The van der Waals surface area contributed by atoms with Gasteiger partial charge < -0.3 is 10.1 Å². The van der Waals surface area contributed by atoms with Crippen molar-refractivity contribution in [1.82, 2.24) is 14.6 Å². The number of nitrogens with zero attached hydrogens (tertiary/aromatic N) is 2. The SMILES string of the molecule is Cc1nn2c(-c3ccc(C(F)(F)F)cc3O)cc(=O)[nH]c2c1-c1ccc(Cl)c(Cl)c1. The lowest BCUT2D eigenvalue weighted by molar-refractivity contribution is -0.137. The van der Waals surface area contributed by atoms with E-state index >= 15 is 0 Å². The second-order valence-electron chi connectivity index (χ2n) is 6.60. The fraction of sp³-hybridized carbons (Fsp3) is 0.100. The average Bonchev–Trinajstić information content (AvgIpc) is 2.98. The van der Waals surface area contributed by atoms with Gasteiger partial charge in [0.25, 0.3) is 5.56 Å². The number of hydrogen-bond acceptors (Lipinski definition) is 3. The largest absolute Gasteiger partial charge is 0.507 e. The molecular weight excluding hydrogens is 442 g/mol. The summed E-state index contributed by atoms with van der Waals surface area (Å²) < 4.78 is 40.1. The van der Waals surface area contributed by atoms with Gasteiger partial charge >= 0.3 is 6.18 Å². The van der Waals surface area contributed by atoms with Crippen LogP contribution in [-0.2, 0) is 6.18 Å². The molecule has 0 spiro atoms. The van der Waals surface area contributed by atoms with Gasteiger partial charge in [0.15, 0.2) is 0 Å². The van der Waals surface area contributed by atoms with Crippen molar-refractivity contribution in [1.29, 1.82) is 0 Å². The molecule has 0 atom stereocenters. The van der Waals surface area contributed by atoms with Gasteiger partial charge in [-0.2, -0.15) is 18.3 Å². The maximum absolute atomic E-state index is 12.9. The van der Waals surface area contributed by atoms with Gasteiger partial charge in [-0.1, -0.05) is 29.3 Å². The molecule has 0 aliphatic rings. The first-order valence-electron chi connectivity index (χ1n) is 8.55. The zero-order valence-electron chi connectivity index (χ0n) is 15.2. The molecule has 0 aliphatic carbocycles. The van der Waals surface area contributed by atoms with E-state index in [1.54, 1.807) is 25.1 Å². The van der Waals surface area contributed by atoms with E-state index in [1.807, 2.05) is 0 Å². The lowest BCUT2D eigenvalue weighted by Crippen LogP contribution is -2.10. The molecule has 0 amide bonds. The van der Waals surface area contributed by atoms with Gasteiger partial charge in [0, 0.05) is 17.2 Å². The Kier molecular flexibility index (Phi) is 4.79. The average molecular weight is 454 g/mol. The number of nitrogens with one attached hydrogen (secondary N) is 1. The number of alkyl halides is 3. The fourth-order valence-corrected chi connectivity index (χ4v) is 3.57. The van der Waals surface area contributed by atoms with Crippen LogP contribution in [0.25, 0.3) is 28.0 Å².